The summed E-state index contributed by atoms with van der Waals surface area (Å²) in [5, 5.41) is 20.1. The molecular formula is C17H23ClN2O9S. The number of alkyl halides is 1. The number of anilines is 1. The van der Waals surface area contributed by atoms with E-state index in [9.17, 15) is 22.8 Å². The van der Waals surface area contributed by atoms with E-state index in [0.717, 1.165) is 0 Å². The summed E-state index contributed by atoms with van der Waals surface area (Å²) in [6.45, 7) is 1.84. The SMILES string of the molecule is CC(CN(CCCl)c1ccc(C(=O)N[C@@H](CCC(=O)O)C(=O)O)cc1)OS(=O)(=O)O. The zero-order valence-electron chi connectivity index (χ0n) is 16.0. The molecule has 168 valence electrons. The van der Waals surface area contributed by atoms with Crippen molar-refractivity contribution in [1.82, 2.24) is 5.32 Å². The third-order valence-corrected chi connectivity index (χ3v) is 4.60. The van der Waals surface area contributed by atoms with Crippen LogP contribution in [0.1, 0.15) is 30.1 Å². The van der Waals surface area contributed by atoms with Crippen LogP contribution in [-0.4, -0.2) is 72.1 Å². The molecule has 1 amide bonds. The van der Waals surface area contributed by atoms with Crippen LogP contribution < -0.4 is 10.2 Å². The summed E-state index contributed by atoms with van der Waals surface area (Å²) in [4.78, 5) is 35.8. The zero-order valence-corrected chi connectivity index (χ0v) is 17.6. The van der Waals surface area contributed by atoms with Gasteiger partial charge in [0.2, 0.25) is 0 Å². The first-order valence-electron chi connectivity index (χ1n) is 8.75. The van der Waals surface area contributed by atoms with Crippen LogP contribution in [0.25, 0.3) is 0 Å². The lowest BCUT2D eigenvalue weighted by Gasteiger charge is -2.26. The first-order valence-corrected chi connectivity index (χ1v) is 10.6. The molecule has 13 heteroatoms. The summed E-state index contributed by atoms with van der Waals surface area (Å²) < 4.78 is 34.9. The lowest BCUT2D eigenvalue weighted by molar-refractivity contribution is -0.140. The number of carboxylic acids is 2. The Kier molecular flexibility index (Phi) is 9.99. The van der Waals surface area contributed by atoms with E-state index in [1.807, 2.05) is 0 Å². The van der Waals surface area contributed by atoms with E-state index in [1.165, 1.54) is 19.1 Å². The van der Waals surface area contributed by atoms with Crippen LogP contribution in [0.5, 0.6) is 0 Å². The largest absolute Gasteiger partial charge is 0.481 e. The highest BCUT2D eigenvalue weighted by molar-refractivity contribution is 7.80. The number of nitrogens with zero attached hydrogens (tertiary/aromatic N) is 1. The van der Waals surface area contributed by atoms with E-state index in [2.05, 4.69) is 9.50 Å². The molecule has 0 radical (unpaired) electrons. The van der Waals surface area contributed by atoms with Crippen molar-refractivity contribution in [1.29, 1.82) is 0 Å². The molecule has 0 aliphatic rings. The molecule has 1 rings (SSSR count). The average molecular weight is 467 g/mol. The second kappa shape index (κ2) is 11.7. The number of carbonyl (C=O) groups excluding carboxylic acids is 1. The molecule has 0 aromatic heterocycles. The van der Waals surface area contributed by atoms with Crippen LogP contribution >= 0.6 is 11.6 Å². The molecule has 2 atom stereocenters. The topological polar surface area (TPSA) is 171 Å². The van der Waals surface area contributed by atoms with E-state index in [4.69, 9.17) is 26.4 Å². The van der Waals surface area contributed by atoms with Gasteiger partial charge in [0.15, 0.2) is 0 Å². The van der Waals surface area contributed by atoms with Gasteiger partial charge in [-0.05, 0) is 37.6 Å². The van der Waals surface area contributed by atoms with Crippen LogP contribution in [0.15, 0.2) is 24.3 Å². The van der Waals surface area contributed by atoms with Gasteiger partial charge in [-0.15, -0.1) is 11.6 Å². The molecule has 11 nitrogen and oxygen atoms in total. The maximum atomic E-state index is 12.3. The normalized spacial score (nSPS) is 13.3. The Labute approximate surface area is 178 Å². The lowest BCUT2D eigenvalue weighted by Crippen LogP contribution is -2.41. The van der Waals surface area contributed by atoms with Crippen molar-refractivity contribution in [3.63, 3.8) is 0 Å². The van der Waals surface area contributed by atoms with E-state index in [-0.39, 0.29) is 24.4 Å². The summed E-state index contributed by atoms with van der Waals surface area (Å²) in [6.07, 6.45) is -1.55. The molecule has 0 aliphatic heterocycles. The van der Waals surface area contributed by atoms with Crippen molar-refractivity contribution in [2.45, 2.75) is 31.9 Å². The van der Waals surface area contributed by atoms with Gasteiger partial charge in [0.1, 0.15) is 6.04 Å². The summed E-state index contributed by atoms with van der Waals surface area (Å²) in [7, 11) is -4.61. The van der Waals surface area contributed by atoms with E-state index >= 15 is 0 Å². The highest BCUT2D eigenvalue weighted by atomic mass is 35.5. The number of amides is 1. The van der Waals surface area contributed by atoms with Crippen molar-refractivity contribution >= 4 is 45.5 Å². The second-order valence-electron chi connectivity index (χ2n) is 6.31. The van der Waals surface area contributed by atoms with E-state index in [1.54, 1.807) is 17.0 Å². The number of nitrogens with one attached hydrogen (secondary N) is 1. The predicted molar refractivity (Wildman–Crippen MR) is 107 cm³/mol. The second-order valence-corrected chi connectivity index (χ2v) is 7.74. The summed E-state index contributed by atoms with van der Waals surface area (Å²) in [5.74, 6) is -3.00. The van der Waals surface area contributed by atoms with Crippen molar-refractivity contribution in [3.05, 3.63) is 29.8 Å². The maximum absolute atomic E-state index is 12.3. The van der Waals surface area contributed by atoms with Gasteiger partial charge in [-0.2, -0.15) is 8.42 Å². The number of carboxylic acid groups (broad SMARTS) is 2. The third-order valence-electron chi connectivity index (χ3n) is 3.86. The average Bonchev–Trinajstić information content (AvgIpc) is 2.62. The number of hydrogen-bond acceptors (Lipinski definition) is 7. The number of aliphatic carboxylic acids is 2. The molecule has 1 aromatic carbocycles. The Morgan fingerprint density at radius 3 is 2.27 bits per heavy atom. The molecule has 0 saturated carbocycles. The minimum atomic E-state index is -4.61. The molecular weight excluding hydrogens is 444 g/mol. The van der Waals surface area contributed by atoms with E-state index < -0.39 is 46.8 Å². The van der Waals surface area contributed by atoms with Crippen LogP contribution in [0.3, 0.4) is 0 Å². The Morgan fingerprint density at radius 2 is 1.80 bits per heavy atom. The highest BCUT2D eigenvalue weighted by Crippen LogP contribution is 2.17. The standard InChI is InChI=1S/C17H23ClN2O9S/c1-11(29-30(26,27)28)10-20(9-8-18)13-4-2-12(3-5-13)16(23)19-14(17(24)25)6-7-15(21)22/h2-5,11,14H,6-10H2,1H3,(H,19,23)(H,21,22)(H,24,25)(H,26,27,28)/t11?,14-/m0/s1. The number of hydrogen-bond donors (Lipinski definition) is 4. The fraction of sp³-hybridized carbons (Fsp3) is 0.471. The molecule has 0 saturated heterocycles. The van der Waals surface area contributed by atoms with Gasteiger partial charge in [-0.1, -0.05) is 0 Å². The first-order chi connectivity index (χ1) is 13.9. The lowest BCUT2D eigenvalue weighted by atomic mass is 10.1. The molecule has 1 unspecified atom stereocenters. The van der Waals surface area contributed by atoms with Crippen molar-refractivity contribution in [3.8, 4) is 0 Å². The van der Waals surface area contributed by atoms with Gasteiger partial charge in [-0.25, -0.2) is 8.98 Å². The Hall–Kier alpha value is -2.41. The van der Waals surface area contributed by atoms with Crippen molar-refractivity contribution in [2.24, 2.45) is 0 Å². The predicted octanol–water partition coefficient (Wildman–Crippen LogP) is 0.988. The smallest absolute Gasteiger partial charge is 0.397 e. The summed E-state index contributed by atoms with van der Waals surface area (Å²) >= 11 is 5.77. The van der Waals surface area contributed by atoms with Gasteiger partial charge in [0.05, 0.1) is 6.10 Å². The van der Waals surface area contributed by atoms with Crippen molar-refractivity contribution in [2.75, 3.05) is 23.9 Å². The minimum Gasteiger partial charge on any atom is -0.481 e. The highest BCUT2D eigenvalue weighted by Gasteiger charge is 2.22. The first kappa shape index (κ1) is 25.6. The molecule has 0 spiro atoms. The zero-order chi connectivity index (χ0) is 22.9. The molecule has 4 N–H and O–H groups in total. The molecule has 0 fully saturated rings. The van der Waals surface area contributed by atoms with Gasteiger partial charge in [0, 0.05) is 36.6 Å². The quantitative estimate of drug-likeness (QED) is 0.242. The number of rotatable bonds is 13. The van der Waals surface area contributed by atoms with E-state index in [0.29, 0.717) is 12.2 Å². The Balaban J connectivity index is 2.86. The molecule has 0 bridgehead atoms. The van der Waals surface area contributed by atoms with Crippen LogP contribution in [-0.2, 0) is 24.2 Å². The molecule has 0 aliphatic carbocycles. The summed E-state index contributed by atoms with van der Waals surface area (Å²) in [5.41, 5.74) is 0.729. The number of benzene rings is 1. The number of halogens is 1. The monoisotopic (exact) mass is 466 g/mol. The van der Waals surface area contributed by atoms with Gasteiger partial charge in [-0.3, -0.25) is 14.1 Å². The third kappa shape index (κ3) is 9.39. The fourth-order valence-electron chi connectivity index (χ4n) is 2.57. The fourth-order valence-corrected chi connectivity index (χ4v) is 3.25. The van der Waals surface area contributed by atoms with Gasteiger partial charge >= 0.3 is 22.3 Å². The Bertz CT molecular complexity index is 845. The maximum Gasteiger partial charge on any atom is 0.397 e. The van der Waals surface area contributed by atoms with Crippen molar-refractivity contribution < 1.29 is 41.8 Å². The minimum absolute atomic E-state index is 0.0777. The molecule has 0 heterocycles. The van der Waals surface area contributed by atoms with Gasteiger partial charge in [0.25, 0.3) is 5.91 Å². The molecule has 1 aromatic rings. The molecule has 30 heavy (non-hydrogen) atoms. The summed E-state index contributed by atoms with van der Waals surface area (Å²) in [6, 6.07) is 4.61. The van der Waals surface area contributed by atoms with Crippen LogP contribution in [0.2, 0.25) is 0 Å². The van der Waals surface area contributed by atoms with Gasteiger partial charge < -0.3 is 20.4 Å². The number of carbonyl (C=O) groups is 3. The van der Waals surface area contributed by atoms with Crippen LogP contribution in [0.4, 0.5) is 5.69 Å². The van der Waals surface area contributed by atoms with Crippen LogP contribution in [0, 0.1) is 0 Å². The Morgan fingerprint density at radius 1 is 1.20 bits per heavy atom.